The van der Waals surface area contributed by atoms with Gasteiger partial charge in [0.15, 0.2) is 0 Å². The number of carbonyl (C=O) groups excluding carboxylic acids is 2. The van der Waals surface area contributed by atoms with Crippen LogP contribution in [-0.4, -0.2) is 48.1 Å². The van der Waals surface area contributed by atoms with Crippen LogP contribution in [0.2, 0.25) is 0 Å². The molecule has 5 heteroatoms. The zero-order chi connectivity index (χ0) is 18.9. The van der Waals surface area contributed by atoms with Crippen LogP contribution < -0.4 is 5.32 Å². The van der Waals surface area contributed by atoms with Crippen molar-refractivity contribution in [3.63, 3.8) is 0 Å². The molecule has 1 aromatic rings. The molecule has 3 aliphatic rings. The molecule has 5 nitrogen and oxygen atoms in total. The number of piperidine rings is 1. The minimum absolute atomic E-state index is 0.115. The monoisotopic (exact) mass is 370 g/mol. The number of carbonyl (C=O) groups is 2. The van der Waals surface area contributed by atoms with Crippen molar-refractivity contribution in [3.8, 4) is 0 Å². The maximum Gasteiger partial charge on any atom is 0.253 e. The van der Waals surface area contributed by atoms with Crippen molar-refractivity contribution in [2.75, 3.05) is 19.7 Å². The van der Waals surface area contributed by atoms with Crippen LogP contribution in [0.25, 0.3) is 0 Å². The molecule has 1 N–H and O–H groups in total. The van der Waals surface area contributed by atoms with E-state index in [9.17, 15) is 9.59 Å². The van der Waals surface area contributed by atoms with Gasteiger partial charge in [-0.2, -0.15) is 0 Å². The van der Waals surface area contributed by atoms with Crippen molar-refractivity contribution in [2.24, 2.45) is 5.92 Å². The van der Waals surface area contributed by atoms with Gasteiger partial charge in [-0.05, 0) is 63.5 Å². The molecule has 1 unspecified atom stereocenters. The minimum atomic E-state index is -0.147. The first-order valence-electron chi connectivity index (χ1n) is 10.3. The molecule has 1 aliphatic carbocycles. The summed E-state index contributed by atoms with van der Waals surface area (Å²) in [6, 6.07) is 8.23. The summed E-state index contributed by atoms with van der Waals surface area (Å²) in [5.74, 6) is 0.716. The van der Waals surface area contributed by atoms with Crippen molar-refractivity contribution >= 4 is 11.8 Å². The Morgan fingerprint density at radius 3 is 2.70 bits per heavy atom. The summed E-state index contributed by atoms with van der Waals surface area (Å²) in [5.41, 5.74) is 1.73. The van der Waals surface area contributed by atoms with E-state index >= 15 is 0 Å². The lowest BCUT2D eigenvalue weighted by Gasteiger charge is -2.46. The highest BCUT2D eigenvalue weighted by Crippen LogP contribution is 2.39. The fraction of sp³-hybridized carbons (Fsp3) is 0.636. The average molecular weight is 370 g/mol. The fourth-order valence-corrected chi connectivity index (χ4v) is 4.51. The molecule has 0 aromatic heterocycles. The maximum absolute atomic E-state index is 12.8. The van der Waals surface area contributed by atoms with Crippen LogP contribution in [0, 0.1) is 12.8 Å². The Balaban J connectivity index is 1.31. The van der Waals surface area contributed by atoms with Crippen molar-refractivity contribution < 1.29 is 14.3 Å². The summed E-state index contributed by atoms with van der Waals surface area (Å²) < 4.78 is 6.19. The average Bonchev–Trinajstić information content (AvgIpc) is 3.46. The van der Waals surface area contributed by atoms with Crippen LogP contribution >= 0.6 is 0 Å². The number of hydrogen-bond acceptors (Lipinski definition) is 3. The molecule has 2 saturated heterocycles. The molecule has 2 heterocycles. The molecule has 1 atom stereocenters. The Morgan fingerprint density at radius 2 is 2.00 bits per heavy atom. The topological polar surface area (TPSA) is 58.6 Å². The summed E-state index contributed by atoms with van der Waals surface area (Å²) in [4.78, 5) is 26.9. The molecule has 4 rings (SSSR count). The van der Waals surface area contributed by atoms with E-state index in [-0.39, 0.29) is 17.4 Å². The highest BCUT2D eigenvalue weighted by atomic mass is 16.5. The van der Waals surface area contributed by atoms with Crippen molar-refractivity contribution in [1.82, 2.24) is 10.2 Å². The van der Waals surface area contributed by atoms with Crippen LogP contribution in [-0.2, 0) is 9.53 Å². The van der Waals surface area contributed by atoms with Gasteiger partial charge in [-0.25, -0.2) is 0 Å². The quantitative estimate of drug-likeness (QED) is 0.886. The zero-order valence-corrected chi connectivity index (χ0v) is 16.2. The lowest BCUT2D eigenvalue weighted by Crippen LogP contribution is -2.51. The Bertz CT molecular complexity index is 705. The highest BCUT2D eigenvalue weighted by Gasteiger charge is 2.41. The van der Waals surface area contributed by atoms with Crippen molar-refractivity contribution in [3.05, 3.63) is 35.4 Å². The summed E-state index contributed by atoms with van der Waals surface area (Å²) >= 11 is 0. The molecule has 1 saturated carbocycles. The molecule has 1 aromatic carbocycles. The van der Waals surface area contributed by atoms with E-state index in [1.165, 1.54) is 0 Å². The second-order valence-electron chi connectivity index (χ2n) is 8.60. The largest absolute Gasteiger partial charge is 0.375 e. The highest BCUT2D eigenvalue weighted by molar-refractivity contribution is 5.94. The predicted octanol–water partition coefficient (Wildman–Crippen LogP) is 3.07. The van der Waals surface area contributed by atoms with Crippen LogP contribution in [0.15, 0.2) is 24.3 Å². The normalized spacial score (nSPS) is 24.6. The smallest absolute Gasteiger partial charge is 0.253 e. The van der Waals surface area contributed by atoms with Crippen LogP contribution in [0.5, 0.6) is 0 Å². The summed E-state index contributed by atoms with van der Waals surface area (Å²) in [7, 11) is 0. The van der Waals surface area contributed by atoms with Gasteiger partial charge in [0.1, 0.15) is 0 Å². The van der Waals surface area contributed by atoms with Crippen LogP contribution in [0.4, 0.5) is 0 Å². The number of rotatable bonds is 4. The molecular weight excluding hydrogens is 340 g/mol. The number of nitrogens with zero attached hydrogens (tertiary/aromatic N) is 1. The lowest BCUT2D eigenvalue weighted by atomic mass is 9.78. The Kier molecular flexibility index (Phi) is 5.22. The summed E-state index contributed by atoms with van der Waals surface area (Å²) in [6.45, 7) is 4.20. The summed E-state index contributed by atoms with van der Waals surface area (Å²) in [6.07, 6.45) is 6.52. The van der Waals surface area contributed by atoms with Gasteiger partial charge in [0.25, 0.3) is 5.91 Å². The molecule has 2 aliphatic heterocycles. The van der Waals surface area contributed by atoms with E-state index in [0.29, 0.717) is 18.4 Å². The number of ether oxygens (including phenoxy) is 1. The van der Waals surface area contributed by atoms with Gasteiger partial charge in [0.2, 0.25) is 5.91 Å². The number of amides is 2. The third kappa shape index (κ3) is 4.52. The number of likely N-dealkylation sites (tertiary alicyclic amines) is 1. The standard InChI is InChI=1S/C22H30N2O3/c1-16-3-2-4-18(13-16)21(26)24-10-8-22(9-11-24)15-17(7-12-27-22)14-20(25)23-19-5-6-19/h2-4,13,17,19H,5-12,14-15H2,1H3,(H,23,25). The van der Waals surface area contributed by atoms with E-state index in [1.54, 1.807) is 0 Å². The van der Waals surface area contributed by atoms with Gasteiger partial charge in [0, 0.05) is 37.7 Å². The van der Waals surface area contributed by atoms with E-state index in [2.05, 4.69) is 5.32 Å². The first-order valence-corrected chi connectivity index (χ1v) is 10.3. The number of benzene rings is 1. The van der Waals surface area contributed by atoms with Gasteiger partial charge in [-0.1, -0.05) is 17.7 Å². The minimum Gasteiger partial charge on any atom is -0.375 e. The number of aryl methyl sites for hydroxylation is 1. The summed E-state index contributed by atoms with van der Waals surface area (Å²) in [5, 5.41) is 3.10. The zero-order valence-electron chi connectivity index (χ0n) is 16.2. The molecule has 1 spiro atoms. The fourth-order valence-electron chi connectivity index (χ4n) is 4.51. The number of hydrogen-bond donors (Lipinski definition) is 1. The van der Waals surface area contributed by atoms with E-state index < -0.39 is 0 Å². The first-order chi connectivity index (χ1) is 13.0. The predicted molar refractivity (Wildman–Crippen MR) is 104 cm³/mol. The molecule has 0 bridgehead atoms. The van der Waals surface area contributed by atoms with Gasteiger partial charge in [-0.15, -0.1) is 0 Å². The number of nitrogens with one attached hydrogen (secondary N) is 1. The van der Waals surface area contributed by atoms with E-state index in [1.807, 2.05) is 36.1 Å². The molecular formula is C22H30N2O3. The molecule has 3 fully saturated rings. The Labute approximate surface area is 161 Å². The Hall–Kier alpha value is -1.88. The lowest BCUT2D eigenvalue weighted by molar-refractivity contribution is -0.134. The second-order valence-corrected chi connectivity index (χ2v) is 8.60. The third-order valence-corrected chi connectivity index (χ3v) is 6.24. The van der Waals surface area contributed by atoms with Crippen LogP contribution in [0.1, 0.15) is 60.9 Å². The molecule has 2 amide bonds. The Morgan fingerprint density at radius 1 is 1.22 bits per heavy atom. The SMILES string of the molecule is Cc1cccc(C(=O)N2CCC3(CC2)CC(CC(=O)NC2CC2)CCO3)c1. The maximum atomic E-state index is 12.8. The van der Waals surface area contributed by atoms with Gasteiger partial charge < -0.3 is 15.0 Å². The van der Waals surface area contributed by atoms with E-state index in [4.69, 9.17) is 4.74 Å². The van der Waals surface area contributed by atoms with Gasteiger partial charge >= 0.3 is 0 Å². The van der Waals surface area contributed by atoms with Gasteiger partial charge in [0.05, 0.1) is 5.60 Å². The molecule has 0 radical (unpaired) electrons. The van der Waals surface area contributed by atoms with Gasteiger partial charge in [-0.3, -0.25) is 9.59 Å². The third-order valence-electron chi connectivity index (χ3n) is 6.24. The first kappa shape index (κ1) is 18.5. The van der Waals surface area contributed by atoms with Crippen LogP contribution in [0.3, 0.4) is 0 Å². The molecule has 146 valence electrons. The van der Waals surface area contributed by atoms with E-state index in [0.717, 1.165) is 69.3 Å². The molecule has 27 heavy (non-hydrogen) atoms. The van der Waals surface area contributed by atoms with Crippen molar-refractivity contribution in [2.45, 2.75) is 63.5 Å². The van der Waals surface area contributed by atoms with Crippen molar-refractivity contribution in [1.29, 1.82) is 0 Å². The second kappa shape index (κ2) is 7.63.